The standard InChI is InChI=1S/C20H24N2O4/c1-12(2)19(23)21-15-8-6-13(3)16(11-15)22-20(24)14-7-9-17(25-4)18(10-14)26-5/h6-12H,1-5H3,(H,21,23)(H,22,24). The third kappa shape index (κ3) is 4.53. The fraction of sp³-hybridized carbons (Fsp3) is 0.300. The second-order valence-corrected chi connectivity index (χ2v) is 6.20. The van der Waals surface area contributed by atoms with E-state index in [9.17, 15) is 9.59 Å². The Balaban J connectivity index is 2.22. The summed E-state index contributed by atoms with van der Waals surface area (Å²) in [6.45, 7) is 5.53. The molecule has 26 heavy (non-hydrogen) atoms. The number of amides is 2. The molecule has 0 aromatic heterocycles. The van der Waals surface area contributed by atoms with E-state index in [1.165, 1.54) is 14.2 Å². The molecule has 6 heteroatoms. The zero-order valence-corrected chi connectivity index (χ0v) is 15.7. The number of carbonyl (C=O) groups is 2. The Hall–Kier alpha value is -3.02. The molecule has 0 bridgehead atoms. The Bertz CT molecular complexity index is 815. The van der Waals surface area contributed by atoms with Crippen LogP contribution in [-0.2, 0) is 4.79 Å². The van der Waals surface area contributed by atoms with Crippen molar-refractivity contribution >= 4 is 23.2 Å². The van der Waals surface area contributed by atoms with Crippen molar-refractivity contribution in [2.45, 2.75) is 20.8 Å². The lowest BCUT2D eigenvalue weighted by Crippen LogP contribution is -2.18. The third-order valence-corrected chi connectivity index (χ3v) is 3.92. The Morgan fingerprint density at radius 3 is 2.23 bits per heavy atom. The van der Waals surface area contributed by atoms with Gasteiger partial charge in [-0.05, 0) is 42.8 Å². The number of rotatable bonds is 6. The van der Waals surface area contributed by atoms with Crippen molar-refractivity contribution in [1.82, 2.24) is 0 Å². The number of methoxy groups -OCH3 is 2. The molecule has 0 saturated heterocycles. The van der Waals surface area contributed by atoms with Crippen molar-refractivity contribution < 1.29 is 19.1 Å². The van der Waals surface area contributed by atoms with Crippen molar-refractivity contribution in [3.05, 3.63) is 47.5 Å². The summed E-state index contributed by atoms with van der Waals surface area (Å²) in [7, 11) is 3.06. The maximum absolute atomic E-state index is 12.6. The molecule has 0 spiro atoms. The van der Waals surface area contributed by atoms with E-state index in [-0.39, 0.29) is 17.7 Å². The summed E-state index contributed by atoms with van der Waals surface area (Å²) in [5.41, 5.74) is 2.60. The van der Waals surface area contributed by atoms with Gasteiger partial charge >= 0.3 is 0 Å². The fourth-order valence-electron chi connectivity index (χ4n) is 2.29. The molecule has 0 unspecified atom stereocenters. The molecule has 0 radical (unpaired) electrons. The van der Waals surface area contributed by atoms with Crippen LogP contribution in [0.15, 0.2) is 36.4 Å². The molecular formula is C20H24N2O4. The predicted octanol–water partition coefficient (Wildman–Crippen LogP) is 3.86. The SMILES string of the molecule is COc1ccc(C(=O)Nc2cc(NC(=O)C(C)C)ccc2C)cc1OC. The van der Waals surface area contributed by atoms with Crippen LogP contribution >= 0.6 is 0 Å². The van der Waals surface area contributed by atoms with Gasteiger partial charge < -0.3 is 20.1 Å². The summed E-state index contributed by atoms with van der Waals surface area (Å²) in [4.78, 5) is 24.4. The molecule has 2 aromatic rings. The molecule has 2 N–H and O–H groups in total. The molecule has 0 aliphatic carbocycles. The van der Waals surface area contributed by atoms with Crippen LogP contribution in [0.25, 0.3) is 0 Å². The second-order valence-electron chi connectivity index (χ2n) is 6.20. The maximum atomic E-state index is 12.6. The van der Waals surface area contributed by atoms with Gasteiger partial charge in [0.15, 0.2) is 11.5 Å². The van der Waals surface area contributed by atoms with Gasteiger partial charge in [-0.1, -0.05) is 19.9 Å². The van der Waals surface area contributed by atoms with Gasteiger partial charge in [-0.15, -0.1) is 0 Å². The van der Waals surface area contributed by atoms with E-state index in [0.29, 0.717) is 28.4 Å². The van der Waals surface area contributed by atoms with Gasteiger partial charge in [-0.2, -0.15) is 0 Å². The molecule has 0 aliphatic rings. The van der Waals surface area contributed by atoms with Gasteiger partial charge in [0.1, 0.15) is 0 Å². The lowest BCUT2D eigenvalue weighted by molar-refractivity contribution is -0.118. The zero-order valence-electron chi connectivity index (χ0n) is 15.7. The van der Waals surface area contributed by atoms with Crippen LogP contribution in [-0.4, -0.2) is 26.0 Å². The Morgan fingerprint density at radius 2 is 1.62 bits per heavy atom. The van der Waals surface area contributed by atoms with Crippen LogP contribution < -0.4 is 20.1 Å². The molecule has 0 aliphatic heterocycles. The van der Waals surface area contributed by atoms with Gasteiger partial charge in [-0.25, -0.2) is 0 Å². The van der Waals surface area contributed by atoms with Gasteiger partial charge in [0.25, 0.3) is 5.91 Å². The Morgan fingerprint density at radius 1 is 0.923 bits per heavy atom. The molecule has 0 fully saturated rings. The van der Waals surface area contributed by atoms with Crippen molar-refractivity contribution in [3.63, 3.8) is 0 Å². The minimum atomic E-state index is -0.276. The van der Waals surface area contributed by atoms with Gasteiger partial charge in [0.05, 0.1) is 14.2 Å². The average molecular weight is 356 g/mol. The smallest absolute Gasteiger partial charge is 0.255 e. The Labute approximate surface area is 153 Å². The first kappa shape index (κ1) is 19.3. The first-order chi connectivity index (χ1) is 12.3. The summed E-state index contributed by atoms with van der Waals surface area (Å²) in [5, 5.41) is 5.70. The number of carbonyl (C=O) groups excluding carboxylic acids is 2. The Kier molecular flexibility index (Phi) is 6.22. The topological polar surface area (TPSA) is 76.7 Å². The molecule has 0 atom stereocenters. The lowest BCUT2D eigenvalue weighted by Gasteiger charge is -2.13. The molecule has 2 aromatic carbocycles. The van der Waals surface area contributed by atoms with E-state index < -0.39 is 0 Å². The molecule has 2 amide bonds. The molecule has 2 rings (SSSR count). The number of aryl methyl sites for hydroxylation is 1. The van der Waals surface area contributed by atoms with Crippen molar-refractivity contribution in [3.8, 4) is 11.5 Å². The summed E-state index contributed by atoms with van der Waals surface area (Å²) < 4.78 is 10.4. The van der Waals surface area contributed by atoms with E-state index in [2.05, 4.69) is 10.6 Å². The van der Waals surface area contributed by atoms with Gasteiger partial charge in [-0.3, -0.25) is 9.59 Å². The number of anilines is 2. The number of nitrogens with one attached hydrogen (secondary N) is 2. The second kappa shape index (κ2) is 8.38. The normalized spacial score (nSPS) is 10.4. The highest BCUT2D eigenvalue weighted by atomic mass is 16.5. The molecule has 0 saturated carbocycles. The molecule has 0 heterocycles. The summed E-state index contributed by atoms with van der Waals surface area (Å²) in [6.07, 6.45) is 0. The van der Waals surface area contributed by atoms with Crippen molar-refractivity contribution in [1.29, 1.82) is 0 Å². The van der Waals surface area contributed by atoms with E-state index >= 15 is 0 Å². The average Bonchev–Trinajstić information content (AvgIpc) is 2.63. The van der Waals surface area contributed by atoms with Crippen LogP contribution in [0.4, 0.5) is 11.4 Å². The minimum absolute atomic E-state index is 0.0778. The van der Waals surface area contributed by atoms with E-state index in [0.717, 1.165) is 5.56 Å². The van der Waals surface area contributed by atoms with Crippen LogP contribution in [0, 0.1) is 12.8 Å². The highest BCUT2D eigenvalue weighted by Gasteiger charge is 2.13. The molecule has 138 valence electrons. The number of benzene rings is 2. The first-order valence-corrected chi connectivity index (χ1v) is 8.30. The fourth-order valence-corrected chi connectivity index (χ4v) is 2.29. The largest absolute Gasteiger partial charge is 0.493 e. The molecular weight excluding hydrogens is 332 g/mol. The van der Waals surface area contributed by atoms with E-state index in [1.54, 1.807) is 24.3 Å². The highest BCUT2D eigenvalue weighted by Crippen LogP contribution is 2.28. The quantitative estimate of drug-likeness (QED) is 0.824. The summed E-state index contributed by atoms with van der Waals surface area (Å²) >= 11 is 0. The number of hydrogen-bond acceptors (Lipinski definition) is 4. The van der Waals surface area contributed by atoms with Crippen molar-refractivity contribution in [2.24, 2.45) is 5.92 Å². The minimum Gasteiger partial charge on any atom is -0.493 e. The predicted molar refractivity (Wildman–Crippen MR) is 102 cm³/mol. The van der Waals surface area contributed by atoms with Gasteiger partial charge in [0, 0.05) is 22.9 Å². The summed E-state index contributed by atoms with van der Waals surface area (Å²) in [6, 6.07) is 10.4. The third-order valence-electron chi connectivity index (χ3n) is 3.92. The maximum Gasteiger partial charge on any atom is 0.255 e. The first-order valence-electron chi connectivity index (χ1n) is 8.30. The zero-order chi connectivity index (χ0) is 19.3. The lowest BCUT2D eigenvalue weighted by atomic mass is 10.1. The number of hydrogen-bond donors (Lipinski definition) is 2. The molecule has 6 nitrogen and oxygen atoms in total. The highest BCUT2D eigenvalue weighted by molar-refractivity contribution is 6.05. The van der Waals surface area contributed by atoms with Crippen LogP contribution in [0.5, 0.6) is 11.5 Å². The van der Waals surface area contributed by atoms with Crippen molar-refractivity contribution in [2.75, 3.05) is 24.9 Å². The van der Waals surface area contributed by atoms with Crippen LogP contribution in [0.2, 0.25) is 0 Å². The number of ether oxygens (including phenoxy) is 2. The van der Waals surface area contributed by atoms with Crippen LogP contribution in [0.3, 0.4) is 0 Å². The van der Waals surface area contributed by atoms with E-state index in [1.807, 2.05) is 32.9 Å². The van der Waals surface area contributed by atoms with E-state index in [4.69, 9.17) is 9.47 Å². The summed E-state index contributed by atoms with van der Waals surface area (Å²) in [5.74, 6) is 0.557. The van der Waals surface area contributed by atoms with Crippen LogP contribution in [0.1, 0.15) is 29.8 Å². The monoisotopic (exact) mass is 356 g/mol. The van der Waals surface area contributed by atoms with Gasteiger partial charge in [0.2, 0.25) is 5.91 Å².